The van der Waals surface area contributed by atoms with Crippen molar-refractivity contribution in [2.24, 2.45) is 0 Å². The first-order valence-electron chi connectivity index (χ1n) is 15.5. The van der Waals surface area contributed by atoms with Gasteiger partial charge in [0, 0.05) is 11.1 Å². The number of hydrogen-bond donors (Lipinski definition) is 0. The lowest BCUT2D eigenvalue weighted by Crippen LogP contribution is -2.47. The van der Waals surface area contributed by atoms with Gasteiger partial charge in [0.25, 0.3) is 16.6 Å². The average Bonchev–Trinajstić information content (AvgIpc) is 2.90. The van der Waals surface area contributed by atoms with Crippen molar-refractivity contribution in [1.29, 1.82) is 0 Å². The molecule has 2 aromatic rings. The molecule has 0 radical (unpaired) electrons. The van der Waals surface area contributed by atoms with Crippen molar-refractivity contribution in [2.75, 3.05) is 0 Å². The Morgan fingerprint density at radius 3 is 0.850 bits per heavy atom. The van der Waals surface area contributed by atoms with Crippen LogP contribution >= 0.6 is 0 Å². The van der Waals surface area contributed by atoms with E-state index in [9.17, 15) is 0 Å². The first-order valence-corrected chi connectivity index (χ1v) is 19.8. The molecule has 0 aliphatic carbocycles. The third-order valence-corrected chi connectivity index (χ3v) is 20.6. The Bertz CT molecular complexity index is 906. The fraction of sp³-hybridized carbons (Fsp3) is 0.556. The van der Waals surface area contributed by atoms with Crippen molar-refractivity contribution in [3.63, 3.8) is 0 Å². The summed E-state index contributed by atoms with van der Waals surface area (Å²) in [5.74, 6) is 2.10. The minimum absolute atomic E-state index is 0.598. The Morgan fingerprint density at radius 1 is 0.450 bits per heavy atom. The smallest absolute Gasteiger partial charge is 0.258 e. The molecule has 0 heterocycles. The largest absolute Gasteiger partial charge is 0.543 e. The molecule has 40 heavy (non-hydrogen) atoms. The van der Waals surface area contributed by atoms with E-state index in [0.29, 0.717) is 33.2 Å². The highest BCUT2D eigenvalue weighted by Crippen LogP contribution is 2.46. The Labute approximate surface area is 250 Å². The van der Waals surface area contributed by atoms with Crippen LogP contribution < -0.4 is 0 Å². The third-order valence-electron chi connectivity index (χ3n) is 8.63. The fourth-order valence-corrected chi connectivity index (χ4v) is 17.5. The van der Waals surface area contributed by atoms with E-state index in [1.165, 1.54) is 11.1 Å². The van der Waals surface area contributed by atoms with Crippen LogP contribution in [-0.2, 0) is 8.85 Å². The van der Waals surface area contributed by atoms with Crippen molar-refractivity contribution < 1.29 is 8.85 Å². The zero-order chi connectivity index (χ0) is 30.7. The number of hydrogen-bond acceptors (Lipinski definition) is 2. The van der Waals surface area contributed by atoms with Crippen molar-refractivity contribution >= 4 is 28.2 Å². The summed E-state index contributed by atoms with van der Waals surface area (Å²) >= 11 is 0. The summed E-state index contributed by atoms with van der Waals surface area (Å²) in [4.78, 5) is 0. The molecule has 0 N–H and O–H groups in total. The van der Waals surface area contributed by atoms with E-state index in [-0.39, 0.29) is 0 Å². The zero-order valence-corrected chi connectivity index (χ0v) is 30.2. The first kappa shape index (κ1) is 36.0. The topological polar surface area (TPSA) is 18.5 Å². The van der Waals surface area contributed by atoms with E-state index in [2.05, 4.69) is 170 Å². The molecule has 0 aliphatic rings. The van der Waals surface area contributed by atoms with Gasteiger partial charge in [0.1, 0.15) is 11.5 Å². The zero-order valence-electron chi connectivity index (χ0n) is 28.2. The SMILES string of the molecule is C/C=C(/O[Si](C(C)C)(C(C)C)C(C)C)c1ccccc1.C/C=C(\O[Si](C(C)C)(C(C)C)C(C)C)c1ccccc1. The van der Waals surface area contributed by atoms with Crippen molar-refractivity contribution in [1.82, 2.24) is 0 Å². The predicted molar refractivity (Wildman–Crippen MR) is 184 cm³/mol. The Balaban J connectivity index is 0.000000400. The van der Waals surface area contributed by atoms with Crippen LogP contribution in [-0.4, -0.2) is 16.6 Å². The Kier molecular flexibility index (Phi) is 14.8. The van der Waals surface area contributed by atoms with Gasteiger partial charge in [-0.05, 0) is 59.2 Å². The predicted octanol–water partition coefficient (Wildman–Crippen LogP) is 12.5. The van der Waals surface area contributed by atoms with Gasteiger partial charge in [0.15, 0.2) is 0 Å². The molecule has 0 saturated heterocycles. The van der Waals surface area contributed by atoms with Gasteiger partial charge < -0.3 is 8.85 Å². The standard InChI is InChI=1S/2C18H30OSi/c2*1-8-18(17-12-10-9-11-13-17)19-20(14(2)3,15(4)5)16(6)7/h2*8-16H,1-7H3/b18-8+;18-8-. The molecule has 0 saturated carbocycles. The number of rotatable bonds is 12. The molecule has 4 heteroatoms. The maximum atomic E-state index is 6.76. The molecule has 0 amide bonds. The molecule has 2 nitrogen and oxygen atoms in total. The summed E-state index contributed by atoms with van der Waals surface area (Å²) in [6, 6.07) is 20.9. The van der Waals surface area contributed by atoms with E-state index >= 15 is 0 Å². The quantitative estimate of drug-likeness (QED) is 0.184. The molecule has 0 aromatic heterocycles. The van der Waals surface area contributed by atoms with E-state index in [0.717, 1.165) is 11.5 Å². The Morgan fingerprint density at radius 2 is 0.675 bits per heavy atom. The van der Waals surface area contributed by atoms with Gasteiger partial charge in [-0.25, -0.2) is 0 Å². The van der Waals surface area contributed by atoms with Crippen molar-refractivity contribution in [2.45, 2.75) is 130 Å². The summed E-state index contributed by atoms with van der Waals surface area (Å²) < 4.78 is 13.5. The monoisotopic (exact) mass is 580 g/mol. The molecule has 0 aliphatic heterocycles. The normalized spacial score (nSPS) is 13.4. The molecule has 0 fully saturated rings. The van der Waals surface area contributed by atoms with Gasteiger partial charge in [0.2, 0.25) is 0 Å². The van der Waals surface area contributed by atoms with Crippen LogP contribution in [0.25, 0.3) is 11.5 Å². The molecule has 0 bridgehead atoms. The van der Waals surface area contributed by atoms with Crippen LogP contribution in [0, 0.1) is 0 Å². The summed E-state index contributed by atoms with van der Waals surface area (Å²) in [5.41, 5.74) is 5.97. The minimum Gasteiger partial charge on any atom is -0.543 e. The van der Waals surface area contributed by atoms with Crippen LogP contribution in [0.4, 0.5) is 0 Å². The molecule has 2 aromatic carbocycles. The maximum absolute atomic E-state index is 6.76. The van der Waals surface area contributed by atoms with E-state index in [1.54, 1.807) is 0 Å². The molecular formula is C36H60O2Si2. The molecule has 2 rings (SSSR count). The van der Waals surface area contributed by atoms with Gasteiger partial charge in [-0.15, -0.1) is 0 Å². The van der Waals surface area contributed by atoms with Gasteiger partial charge in [-0.2, -0.15) is 0 Å². The molecule has 0 spiro atoms. The lowest BCUT2D eigenvalue weighted by molar-refractivity contribution is 0.443. The average molecular weight is 581 g/mol. The highest BCUT2D eigenvalue weighted by atomic mass is 28.4. The fourth-order valence-electron chi connectivity index (χ4n) is 6.86. The second-order valence-corrected chi connectivity index (χ2v) is 23.6. The summed E-state index contributed by atoms with van der Waals surface area (Å²) in [7, 11) is -3.73. The second kappa shape index (κ2) is 16.4. The van der Waals surface area contributed by atoms with Crippen molar-refractivity contribution in [3.8, 4) is 0 Å². The lowest BCUT2D eigenvalue weighted by Gasteiger charge is -2.43. The molecular weight excluding hydrogens is 521 g/mol. The highest BCUT2D eigenvalue weighted by Gasteiger charge is 2.48. The summed E-state index contributed by atoms with van der Waals surface area (Å²) in [6.45, 7) is 32.0. The lowest BCUT2D eigenvalue weighted by atomic mass is 10.2. The van der Waals surface area contributed by atoms with Gasteiger partial charge >= 0.3 is 0 Å². The minimum atomic E-state index is -1.86. The summed E-state index contributed by atoms with van der Waals surface area (Å²) in [6.07, 6.45) is 4.23. The van der Waals surface area contributed by atoms with E-state index in [4.69, 9.17) is 8.85 Å². The molecule has 0 unspecified atom stereocenters. The molecule has 0 atom stereocenters. The van der Waals surface area contributed by atoms with Crippen LogP contribution in [0.3, 0.4) is 0 Å². The highest BCUT2D eigenvalue weighted by molar-refractivity contribution is 6.78. The van der Waals surface area contributed by atoms with Crippen LogP contribution in [0.5, 0.6) is 0 Å². The maximum Gasteiger partial charge on any atom is 0.258 e. The van der Waals surface area contributed by atoms with Gasteiger partial charge in [-0.1, -0.05) is 144 Å². The molecule has 224 valence electrons. The van der Waals surface area contributed by atoms with Crippen LogP contribution in [0.2, 0.25) is 33.2 Å². The van der Waals surface area contributed by atoms with Crippen LogP contribution in [0.15, 0.2) is 72.8 Å². The number of allylic oxidation sites excluding steroid dienone is 2. The van der Waals surface area contributed by atoms with Gasteiger partial charge in [0.05, 0.1) is 0 Å². The second-order valence-electron chi connectivity index (χ2n) is 12.9. The third kappa shape index (κ3) is 8.48. The summed E-state index contributed by atoms with van der Waals surface area (Å²) in [5, 5.41) is 0. The Hall–Kier alpha value is -2.05. The van der Waals surface area contributed by atoms with Crippen LogP contribution in [0.1, 0.15) is 108 Å². The van der Waals surface area contributed by atoms with Crippen molar-refractivity contribution in [3.05, 3.63) is 83.9 Å². The first-order chi connectivity index (χ1) is 18.7. The van der Waals surface area contributed by atoms with Gasteiger partial charge in [-0.3, -0.25) is 0 Å². The van der Waals surface area contributed by atoms with E-state index < -0.39 is 16.6 Å². The van der Waals surface area contributed by atoms with E-state index in [1.807, 2.05) is 0 Å². The number of benzene rings is 2.